The Kier molecular flexibility index (Phi) is 9.30. The second-order valence-corrected chi connectivity index (χ2v) is 10.4. The third-order valence-electron chi connectivity index (χ3n) is 7.09. The number of aryl methyl sites for hydroxylation is 1. The van der Waals surface area contributed by atoms with Gasteiger partial charge in [-0.3, -0.25) is 19.2 Å². The van der Waals surface area contributed by atoms with Crippen molar-refractivity contribution in [2.75, 3.05) is 26.5 Å². The summed E-state index contributed by atoms with van der Waals surface area (Å²) >= 11 is 0. The van der Waals surface area contributed by atoms with Crippen molar-refractivity contribution in [3.8, 4) is 11.3 Å². The van der Waals surface area contributed by atoms with Gasteiger partial charge in [0.15, 0.2) is 5.78 Å². The fourth-order valence-corrected chi connectivity index (χ4v) is 4.55. The van der Waals surface area contributed by atoms with Crippen molar-refractivity contribution in [2.45, 2.75) is 26.4 Å². The molecule has 2 amide bonds. The lowest BCUT2D eigenvalue weighted by Crippen LogP contribution is -2.37. The molecule has 2 N–H and O–H groups in total. The van der Waals surface area contributed by atoms with Crippen LogP contribution in [0, 0.1) is 18.6 Å². The summed E-state index contributed by atoms with van der Waals surface area (Å²) in [7, 11) is 4.89. The number of anilines is 1. The fraction of sp³-hybridized carbons (Fsp3) is 0.212. The molecule has 0 saturated heterocycles. The van der Waals surface area contributed by atoms with Gasteiger partial charge in [0.25, 0.3) is 11.5 Å². The van der Waals surface area contributed by atoms with E-state index in [4.69, 9.17) is 0 Å². The molecule has 0 aliphatic carbocycles. The Morgan fingerprint density at radius 2 is 1.53 bits per heavy atom. The zero-order chi connectivity index (χ0) is 31.4. The van der Waals surface area contributed by atoms with Gasteiger partial charge in [-0.1, -0.05) is 6.07 Å². The smallest absolute Gasteiger partial charge is 0.275 e. The first-order chi connectivity index (χ1) is 20.4. The van der Waals surface area contributed by atoms with E-state index in [2.05, 4.69) is 10.6 Å². The van der Waals surface area contributed by atoms with Crippen LogP contribution in [0.2, 0.25) is 0 Å². The third kappa shape index (κ3) is 6.92. The Labute approximate surface area is 248 Å². The number of hydrogen-bond acceptors (Lipinski definition) is 5. The number of rotatable bonds is 9. The van der Waals surface area contributed by atoms with Gasteiger partial charge in [-0.2, -0.15) is 0 Å². The molecule has 0 fully saturated rings. The number of hydrogen-bond donors (Lipinski definition) is 2. The number of nitrogens with zero attached hydrogens (tertiary/aromatic N) is 2. The summed E-state index contributed by atoms with van der Waals surface area (Å²) in [4.78, 5) is 53.7. The molecule has 8 nitrogen and oxygen atoms in total. The predicted molar refractivity (Wildman–Crippen MR) is 161 cm³/mol. The van der Waals surface area contributed by atoms with E-state index in [0.717, 1.165) is 23.8 Å². The van der Waals surface area contributed by atoms with Crippen LogP contribution < -0.4 is 16.2 Å². The number of likely N-dealkylation sites (N-methyl/N-ethyl adjacent to an activating group) is 1. The first kappa shape index (κ1) is 31.0. The molecule has 3 aromatic carbocycles. The van der Waals surface area contributed by atoms with E-state index in [0.29, 0.717) is 22.4 Å². The summed E-state index contributed by atoms with van der Waals surface area (Å²) < 4.78 is 29.6. The van der Waals surface area contributed by atoms with Crippen LogP contribution in [-0.2, 0) is 11.3 Å². The molecule has 1 atom stereocenters. The van der Waals surface area contributed by atoms with Crippen LogP contribution in [0.1, 0.15) is 44.3 Å². The average molecular weight is 587 g/mol. The van der Waals surface area contributed by atoms with Gasteiger partial charge in [-0.05, 0) is 98.8 Å². The summed E-state index contributed by atoms with van der Waals surface area (Å²) in [6, 6.07) is 16.4. The number of ketones is 1. The van der Waals surface area contributed by atoms with Crippen molar-refractivity contribution in [1.82, 2.24) is 14.8 Å². The molecule has 4 aromatic rings. The minimum Gasteiger partial charge on any atom is -0.345 e. The van der Waals surface area contributed by atoms with Gasteiger partial charge in [0.05, 0.1) is 18.3 Å². The molecule has 0 aliphatic heterocycles. The maximum absolute atomic E-state index is 14.8. The van der Waals surface area contributed by atoms with Crippen LogP contribution in [0.25, 0.3) is 11.3 Å². The molecule has 0 saturated carbocycles. The van der Waals surface area contributed by atoms with E-state index in [9.17, 15) is 28.0 Å². The van der Waals surface area contributed by atoms with Gasteiger partial charge in [-0.15, -0.1) is 0 Å². The quantitative estimate of drug-likeness (QED) is 0.279. The number of amides is 2. The van der Waals surface area contributed by atoms with E-state index in [1.54, 1.807) is 52.3 Å². The van der Waals surface area contributed by atoms with Crippen LogP contribution in [0.5, 0.6) is 0 Å². The largest absolute Gasteiger partial charge is 0.345 e. The summed E-state index contributed by atoms with van der Waals surface area (Å²) in [5.74, 6) is -2.37. The number of halogens is 2. The standard InChI is InChI=1S/C33H32F2N4O4/c1-19-6-7-23(32(42)38(4)5)17-27(19)29-13-12-28(37-31(41)20(2)36-3)33(43)39(29)18-21-14-24(16-26(35)15-21)30(40)22-8-10-25(34)11-9-22/h6-17,20,36H,18H2,1-5H3,(H,37,41). The minimum absolute atomic E-state index is 0.00745. The van der Waals surface area contributed by atoms with Crippen molar-refractivity contribution in [3.63, 3.8) is 0 Å². The van der Waals surface area contributed by atoms with Gasteiger partial charge in [0.1, 0.15) is 17.3 Å². The molecule has 0 radical (unpaired) electrons. The Balaban J connectivity index is 1.85. The van der Waals surface area contributed by atoms with Crippen LogP contribution >= 0.6 is 0 Å². The lowest BCUT2D eigenvalue weighted by molar-refractivity contribution is -0.117. The number of benzene rings is 3. The Bertz CT molecular complexity index is 1760. The predicted octanol–water partition coefficient (Wildman–Crippen LogP) is 4.63. The highest BCUT2D eigenvalue weighted by atomic mass is 19.1. The lowest BCUT2D eigenvalue weighted by atomic mass is 9.99. The van der Waals surface area contributed by atoms with Crippen molar-refractivity contribution in [3.05, 3.63) is 123 Å². The first-order valence-corrected chi connectivity index (χ1v) is 13.5. The second kappa shape index (κ2) is 12.9. The molecule has 1 heterocycles. The molecule has 4 rings (SSSR count). The molecule has 1 aromatic heterocycles. The zero-order valence-electron chi connectivity index (χ0n) is 24.5. The van der Waals surface area contributed by atoms with E-state index < -0.39 is 34.9 Å². The van der Waals surface area contributed by atoms with E-state index in [1.165, 1.54) is 39.8 Å². The minimum atomic E-state index is -0.695. The summed E-state index contributed by atoms with van der Waals surface area (Å²) in [6.45, 7) is 3.32. The normalized spacial score (nSPS) is 11.6. The topological polar surface area (TPSA) is 101 Å². The molecular weight excluding hydrogens is 554 g/mol. The number of pyridine rings is 1. The Hall–Kier alpha value is -4.96. The van der Waals surface area contributed by atoms with Crippen molar-refractivity contribution in [2.24, 2.45) is 0 Å². The highest BCUT2D eigenvalue weighted by Gasteiger charge is 2.20. The zero-order valence-corrected chi connectivity index (χ0v) is 24.5. The highest BCUT2D eigenvalue weighted by molar-refractivity contribution is 6.09. The number of carbonyl (C=O) groups excluding carboxylic acids is 3. The molecule has 0 bridgehead atoms. The van der Waals surface area contributed by atoms with Gasteiger partial charge < -0.3 is 20.1 Å². The molecule has 10 heteroatoms. The van der Waals surface area contributed by atoms with Gasteiger partial charge in [-0.25, -0.2) is 8.78 Å². The summed E-state index contributed by atoms with van der Waals surface area (Å²) in [5, 5.41) is 5.46. The average Bonchev–Trinajstić information content (AvgIpc) is 2.98. The van der Waals surface area contributed by atoms with Crippen LogP contribution in [0.3, 0.4) is 0 Å². The number of carbonyl (C=O) groups is 3. The SMILES string of the molecule is CNC(C)C(=O)Nc1ccc(-c2cc(C(=O)N(C)C)ccc2C)n(Cc2cc(F)cc(C(=O)c3ccc(F)cc3)c2)c1=O. The fourth-order valence-electron chi connectivity index (χ4n) is 4.55. The number of nitrogens with one attached hydrogen (secondary N) is 2. The second-order valence-electron chi connectivity index (χ2n) is 10.4. The van der Waals surface area contributed by atoms with Crippen LogP contribution in [-0.4, -0.2) is 54.2 Å². The van der Waals surface area contributed by atoms with E-state index in [1.807, 2.05) is 6.92 Å². The van der Waals surface area contributed by atoms with Crippen molar-refractivity contribution in [1.29, 1.82) is 0 Å². The lowest BCUT2D eigenvalue weighted by Gasteiger charge is -2.19. The summed E-state index contributed by atoms with van der Waals surface area (Å²) in [5.41, 5.74) is 2.14. The highest BCUT2D eigenvalue weighted by Crippen LogP contribution is 2.27. The van der Waals surface area contributed by atoms with Gasteiger partial charge in [0, 0.05) is 36.3 Å². The third-order valence-corrected chi connectivity index (χ3v) is 7.09. The van der Waals surface area contributed by atoms with Crippen molar-refractivity contribution < 1.29 is 23.2 Å². The van der Waals surface area contributed by atoms with Crippen LogP contribution in [0.15, 0.2) is 77.6 Å². The maximum Gasteiger partial charge on any atom is 0.275 e. The number of aromatic nitrogens is 1. The molecule has 1 unspecified atom stereocenters. The Morgan fingerprint density at radius 3 is 2.19 bits per heavy atom. The first-order valence-electron chi connectivity index (χ1n) is 13.5. The molecular formula is C33H32F2N4O4. The molecule has 0 spiro atoms. The Morgan fingerprint density at radius 1 is 0.860 bits per heavy atom. The molecule has 43 heavy (non-hydrogen) atoms. The van der Waals surface area contributed by atoms with E-state index >= 15 is 0 Å². The van der Waals surface area contributed by atoms with E-state index in [-0.39, 0.29) is 29.3 Å². The van der Waals surface area contributed by atoms with Crippen LogP contribution in [0.4, 0.5) is 14.5 Å². The van der Waals surface area contributed by atoms with Gasteiger partial charge in [0.2, 0.25) is 5.91 Å². The van der Waals surface area contributed by atoms with Gasteiger partial charge >= 0.3 is 0 Å². The molecule has 0 aliphatic rings. The van der Waals surface area contributed by atoms with Crippen molar-refractivity contribution >= 4 is 23.3 Å². The monoisotopic (exact) mass is 586 g/mol. The summed E-state index contributed by atoms with van der Waals surface area (Å²) in [6.07, 6.45) is 0. The maximum atomic E-state index is 14.8. The molecule has 222 valence electrons.